The lowest BCUT2D eigenvalue weighted by Gasteiger charge is -2.28. The fraction of sp³-hybridized carbons (Fsp3) is 0.409. The molecule has 0 radical (unpaired) electrons. The molecule has 0 saturated heterocycles. The number of phenolic OH excluding ortho intramolecular Hbond substituents is 1. The molecule has 2 aromatic carbocycles. The maximum atomic E-state index is 10.8. The Hall–Kier alpha value is -2.07. The summed E-state index contributed by atoms with van der Waals surface area (Å²) in [6.07, 6.45) is 0. The van der Waals surface area contributed by atoms with E-state index in [2.05, 4.69) is 46.9 Å². The molecule has 2 N–H and O–H groups in total. The number of benzene rings is 2. The number of methoxy groups -OCH3 is 1. The molecule has 0 aromatic heterocycles. The second-order valence-corrected chi connectivity index (χ2v) is 9.01. The Kier molecular flexibility index (Phi) is 5.67. The highest BCUT2D eigenvalue weighted by Gasteiger charge is 2.26. The summed E-state index contributed by atoms with van der Waals surface area (Å²) >= 11 is 5.57. The second-order valence-electron chi connectivity index (χ2n) is 8.60. The van der Waals surface area contributed by atoms with E-state index in [1.165, 1.54) is 0 Å². The monoisotopic (exact) mass is 371 g/mol. The third-order valence-corrected chi connectivity index (χ3v) is 4.67. The average Bonchev–Trinajstić information content (AvgIpc) is 2.54. The lowest BCUT2D eigenvalue weighted by Crippen LogP contribution is -2.19. The highest BCUT2D eigenvalue weighted by molar-refractivity contribution is 7.81. The average molecular weight is 372 g/mol. The van der Waals surface area contributed by atoms with Crippen molar-refractivity contribution < 1.29 is 9.84 Å². The van der Waals surface area contributed by atoms with Gasteiger partial charge in [0.15, 0.2) is 0 Å². The number of hydrogen-bond acceptors (Lipinski definition) is 3. The quantitative estimate of drug-likeness (QED) is 0.530. The Bertz CT molecular complexity index is 761. The molecule has 0 unspecified atom stereocenters. The van der Waals surface area contributed by atoms with Gasteiger partial charge in [-0.1, -0.05) is 53.8 Å². The highest BCUT2D eigenvalue weighted by Crippen LogP contribution is 2.41. The number of nitrogens with one attached hydrogen (secondary N) is 1. The number of anilines is 1. The van der Waals surface area contributed by atoms with Crippen LogP contribution in [0, 0.1) is 0 Å². The van der Waals surface area contributed by atoms with Crippen molar-refractivity contribution in [3.05, 3.63) is 53.1 Å². The maximum Gasteiger partial charge on any atom is 0.123 e. The van der Waals surface area contributed by atoms with Crippen LogP contribution in [-0.4, -0.2) is 17.2 Å². The Balaban J connectivity index is 2.43. The van der Waals surface area contributed by atoms with Gasteiger partial charge >= 0.3 is 0 Å². The predicted octanol–water partition coefficient (Wildman–Crippen LogP) is 5.78. The van der Waals surface area contributed by atoms with Crippen molar-refractivity contribution in [2.45, 2.75) is 52.4 Å². The zero-order valence-electron chi connectivity index (χ0n) is 16.7. The van der Waals surface area contributed by atoms with Crippen LogP contribution in [0.15, 0.2) is 36.4 Å². The van der Waals surface area contributed by atoms with Gasteiger partial charge in [0.05, 0.1) is 7.11 Å². The van der Waals surface area contributed by atoms with Crippen LogP contribution in [0.5, 0.6) is 11.5 Å². The van der Waals surface area contributed by atoms with E-state index < -0.39 is 0 Å². The highest BCUT2D eigenvalue weighted by atomic mass is 32.1. The van der Waals surface area contributed by atoms with Crippen LogP contribution < -0.4 is 10.1 Å². The van der Waals surface area contributed by atoms with E-state index in [0.29, 0.717) is 10.7 Å². The third kappa shape index (κ3) is 4.55. The lowest BCUT2D eigenvalue weighted by atomic mass is 9.79. The third-order valence-electron chi connectivity index (χ3n) is 4.34. The molecule has 3 nitrogen and oxygen atoms in total. The molecule has 2 rings (SSSR count). The van der Waals surface area contributed by atoms with E-state index in [1.54, 1.807) is 7.11 Å². The normalized spacial score (nSPS) is 12.0. The molecule has 0 aliphatic heterocycles. The van der Waals surface area contributed by atoms with E-state index in [-0.39, 0.29) is 10.8 Å². The van der Waals surface area contributed by atoms with Gasteiger partial charge in [-0.2, -0.15) is 0 Å². The first-order valence-electron chi connectivity index (χ1n) is 8.77. The second kappa shape index (κ2) is 7.28. The minimum absolute atomic E-state index is 0.177. The van der Waals surface area contributed by atoms with Crippen LogP contribution in [0.2, 0.25) is 0 Å². The predicted molar refractivity (Wildman–Crippen MR) is 114 cm³/mol. The molecule has 0 fully saturated rings. The summed E-state index contributed by atoms with van der Waals surface area (Å²) < 4.78 is 5.20. The topological polar surface area (TPSA) is 41.5 Å². The molecule has 26 heavy (non-hydrogen) atoms. The number of thiocarbonyl (C=S) groups is 1. The summed E-state index contributed by atoms with van der Waals surface area (Å²) in [5, 5.41) is 14.1. The van der Waals surface area contributed by atoms with Gasteiger partial charge in [-0.05, 0) is 47.2 Å². The molecule has 0 saturated carbocycles. The lowest BCUT2D eigenvalue weighted by molar-refractivity contribution is 0.415. The molecule has 0 heterocycles. The zero-order chi connectivity index (χ0) is 19.7. The summed E-state index contributed by atoms with van der Waals surface area (Å²) in [5.41, 5.74) is 3.27. The van der Waals surface area contributed by atoms with Gasteiger partial charge in [0.1, 0.15) is 16.5 Å². The van der Waals surface area contributed by atoms with Crippen molar-refractivity contribution >= 4 is 22.9 Å². The molecule has 0 aliphatic carbocycles. The Labute approximate surface area is 162 Å². The van der Waals surface area contributed by atoms with Crippen molar-refractivity contribution in [3.63, 3.8) is 0 Å². The van der Waals surface area contributed by atoms with Crippen molar-refractivity contribution in [3.8, 4) is 11.5 Å². The van der Waals surface area contributed by atoms with Crippen LogP contribution >= 0.6 is 12.2 Å². The van der Waals surface area contributed by atoms with Gasteiger partial charge < -0.3 is 15.2 Å². The fourth-order valence-electron chi connectivity index (χ4n) is 2.80. The van der Waals surface area contributed by atoms with E-state index in [0.717, 1.165) is 28.1 Å². The molecule has 0 aliphatic rings. The van der Waals surface area contributed by atoms with Gasteiger partial charge in [-0.25, -0.2) is 0 Å². The van der Waals surface area contributed by atoms with Crippen molar-refractivity contribution in [1.29, 1.82) is 0 Å². The van der Waals surface area contributed by atoms with Gasteiger partial charge in [-0.3, -0.25) is 0 Å². The molecule has 0 amide bonds. The van der Waals surface area contributed by atoms with E-state index >= 15 is 0 Å². The van der Waals surface area contributed by atoms with E-state index in [9.17, 15) is 5.11 Å². The first-order chi connectivity index (χ1) is 11.9. The summed E-state index contributed by atoms with van der Waals surface area (Å²) in [6.45, 7) is 12.6. The molecular weight excluding hydrogens is 342 g/mol. The number of aromatic hydroxyl groups is 1. The van der Waals surface area contributed by atoms with E-state index in [1.807, 2.05) is 36.4 Å². The summed E-state index contributed by atoms with van der Waals surface area (Å²) in [4.78, 5) is 0.637. The SMILES string of the molecule is COc1ccc(C(=S)Nc2cc(C(C)(C)C)c(O)c(C(C)(C)C)c2)cc1. The molecule has 140 valence electrons. The van der Waals surface area contributed by atoms with Crippen LogP contribution in [0.3, 0.4) is 0 Å². The zero-order valence-corrected chi connectivity index (χ0v) is 17.5. The Morgan fingerprint density at radius 1 is 0.923 bits per heavy atom. The largest absolute Gasteiger partial charge is 0.507 e. The Morgan fingerprint density at radius 2 is 1.38 bits per heavy atom. The molecule has 0 spiro atoms. The molecule has 2 aromatic rings. The van der Waals surface area contributed by atoms with Gasteiger partial charge in [0, 0.05) is 22.4 Å². The first-order valence-corrected chi connectivity index (χ1v) is 9.17. The van der Waals surface area contributed by atoms with Crippen LogP contribution in [-0.2, 0) is 10.8 Å². The van der Waals surface area contributed by atoms with Crippen LogP contribution in [0.1, 0.15) is 58.2 Å². The maximum absolute atomic E-state index is 10.8. The summed E-state index contributed by atoms with van der Waals surface area (Å²) in [5.74, 6) is 1.16. The number of phenols is 1. The smallest absolute Gasteiger partial charge is 0.123 e. The molecule has 0 bridgehead atoms. The minimum atomic E-state index is -0.177. The number of hydrogen-bond donors (Lipinski definition) is 2. The van der Waals surface area contributed by atoms with Crippen molar-refractivity contribution in [2.75, 3.05) is 12.4 Å². The standard InChI is InChI=1S/C22H29NO2S/c1-21(2,3)17-12-15(13-18(19(17)24)22(4,5)6)23-20(26)14-8-10-16(25-7)11-9-14/h8-13,24H,1-7H3,(H,23,26). The number of ether oxygens (including phenoxy) is 1. The van der Waals surface area contributed by atoms with Crippen molar-refractivity contribution in [1.82, 2.24) is 0 Å². The summed E-state index contributed by atoms with van der Waals surface area (Å²) in [6, 6.07) is 11.6. The Morgan fingerprint density at radius 3 is 1.77 bits per heavy atom. The van der Waals surface area contributed by atoms with Crippen molar-refractivity contribution in [2.24, 2.45) is 0 Å². The van der Waals surface area contributed by atoms with Gasteiger partial charge in [0.25, 0.3) is 0 Å². The number of rotatable bonds is 3. The van der Waals surface area contributed by atoms with E-state index in [4.69, 9.17) is 17.0 Å². The summed E-state index contributed by atoms with van der Waals surface area (Å²) in [7, 11) is 1.64. The molecular formula is C22H29NO2S. The molecule has 4 heteroatoms. The first kappa shape index (κ1) is 20.2. The van der Waals surface area contributed by atoms with Crippen LogP contribution in [0.25, 0.3) is 0 Å². The molecule has 0 atom stereocenters. The minimum Gasteiger partial charge on any atom is -0.507 e. The van der Waals surface area contributed by atoms with Crippen LogP contribution in [0.4, 0.5) is 5.69 Å². The fourth-order valence-corrected chi connectivity index (χ4v) is 3.05. The van der Waals surface area contributed by atoms with Gasteiger partial charge in [-0.15, -0.1) is 0 Å². The van der Waals surface area contributed by atoms with Gasteiger partial charge in [0.2, 0.25) is 0 Å².